The summed E-state index contributed by atoms with van der Waals surface area (Å²) in [6.45, 7) is 9.28. The zero-order valence-electron chi connectivity index (χ0n) is 25.4. The van der Waals surface area contributed by atoms with Crippen LogP contribution in [-0.2, 0) is 20.8 Å². The van der Waals surface area contributed by atoms with E-state index in [9.17, 15) is 19.5 Å². The molecule has 1 aliphatic rings. The third-order valence-corrected chi connectivity index (χ3v) is 9.15. The Morgan fingerprint density at radius 2 is 1.56 bits per heavy atom. The molecule has 1 aliphatic heterocycles. The number of hydrogen-bond acceptors (Lipinski definition) is 6. The van der Waals surface area contributed by atoms with E-state index in [-0.39, 0.29) is 30.9 Å². The fourth-order valence-corrected chi connectivity index (χ4v) is 6.54. The maximum atomic E-state index is 13.9. The van der Waals surface area contributed by atoms with Gasteiger partial charge >= 0.3 is 0 Å². The molecule has 4 atom stereocenters. The number of hydrogen-bond donors (Lipinski definition) is 3. The summed E-state index contributed by atoms with van der Waals surface area (Å²) < 4.78 is 5.23. The summed E-state index contributed by atoms with van der Waals surface area (Å²) in [5.41, 5.74) is 3.61. The molecule has 3 N–H and O–H groups in total. The number of carbonyl (C=O) groups is 3. The summed E-state index contributed by atoms with van der Waals surface area (Å²) >= 11 is 1.48. The van der Waals surface area contributed by atoms with Crippen LogP contribution in [0.25, 0.3) is 0 Å². The third kappa shape index (κ3) is 7.97. The Hall–Kier alpha value is -3.82. The van der Waals surface area contributed by atoms with Crippen LogP contribution in [0.15, 0.2) is 78.9 Å². The molecule has 3 aromatic rings. The standard InChI is InChI=1S/C34H41N3O5S/c1-22-13-12-14-23(2)30(22)42-20-28(38)36-27(19-25-15-8-6-9-16-25)29(39)33(41)37-21-43-34(4,5)31(37)32(40)35-24(3)26-17-10-7-11-18-26/h6-18,24,27,29,31,39H,19-21H2,1-5H3,(H,35,40)(H,36,38)/t24-,27+,29+,31-/m1/s1. The van der Waals surface area contributed by atoms with E-state index in [1.807, 2.05) is 113 Å². The SMILES string of the molecule is Cc1cccc(C)c1OCC(=O)N[C@@H](Cc1ccccc1)[C@H](O)C(=O)N1CSC(C)(C)[C@H]1C(=O)N[C@H](C)c1ccccc1. The summed E-state index contributed by atoms with van der Waals surface area (Å²) in [7, 11) is 0. The predicted molar refractivity (Wildman–Crippen MR) is 170 cm³/mol. The first-order valence-corrected chi connectivity index (χ1v) is 15.5. The number of aliphatic hydroxyl groups excluding tert-OH is 1. The largest absolute Gasteiger partial charge is 0.483 e. The second-order valence-electron chi connectivity index (χ2n) is 11.5. The molecule has 0 spiro atoms. The average Bonchev–Trinajstić information content (AvgIpc) is 3.31. The fraction of sp³-hybridized carbons (Fsp3) is 0.382. The van der Waals surface area contributed by atoms with Crippen LogP contribution in [0.3, 0.4) is 0 Å². The van der Waals surface area contributed by atoms with Crippen molar-refractivity contribution in [3.8, 4) is 5.75 Å². The van der Waals surface area contributed by atoms with Crippen LogP contribution in [0.1, 0.15) is 49.1 Å². The molecule has 1 fully saturated rings. The molecule has 9 heteroatoms. The maximum absolute atomic E-state index is 13.9. The van der Waals surface area contributed by atoms with Gasteiger partial charge in [0.1, 0.15) is 11.8 Å². The highest BCUT2D eigenvalue weighted by Crippen LogP contribution is 2.40. The molecule has 0 unspecified atom stereocenters. The van der Waals surface area contributed by atoms with Crippen molar-refractivity contribution in [2.75, 3.05) is 12.5 Å². The van der Waals surface area contributed by atoms with E-state index in [0.717, 1.165) is 22.3 Å². The first-order chi connectivity index (χ1) is 20.5. The monoisotopic (exact) mass is 603 g/mol. The number of aliphatic hydroxyl groups is 1. The molecule has 0 bridgehead atoms. The van der Waals surface area contributed by atoms with Gasteiger partial charge in [0.25, 0.3) is 11.8 Å². The summed E-state index contributed by atoms with van der Waals surface area (Å²) in [5, 5.41) is 17.3. The zero-order valence-corrected chi connectivity index (χ0v) is 26.2. The highest BCUT2D eigenvalue weighted by Gasteiger charge is 2.50. The summed E-state index contributed by atoms with van der Waals surface area (Å²) in [4.78, 5) is 42.0. The van der Waals surface area contributed by atoms with Gasteiger partial charge in [-0.25, -0.2) is 0 Å². The molecule has 43 heavy (non-hydrogen) atoms. The quantitative estimate of drug-likeness (QED) is 0.301. The fourth-order valence-electron chi connectivity index (χ4n) is 5.39. The van der Waals surface area contributed by atoms with Crippen LogP contribution in [0, 0.1) is 13.8 Å². The third-order valence-electron chi connectivity index (χ3n) is 7.77. The van der Waals surface area contributed by atoms with Gasteiger partial charge in [-0.2, -0.15) is 0 Å². The van der Waals surface area contributed by atoms with Crippen molar-refractivity contribution >= 4 is 29.5 Å². The minimum Gasteiger partial charge on any atom is -0.483 e. The van der Waals surface area contributed by atoms with E-state index >= 15 is 0 Å². The van der Waals surface area contributed by atoms with Crippen LogP contribution in [-0.4, -0.2) is 63.1 Å². The molecular formula is C34H41N3O5S. The number of para-hydroxylation sites is 1. The Bertz CT molecular complexity index is 1400. The normalized spacial score (nSPS) is 17.9. The molecule has 3 aromatic carbocycles. The predicted octanol–water partition coefficient (Wildman–Crippen LogP) is 4.33. The average molecular weight is 604 g/mol. The van der Waals surface area contributed by atoms with Gasteiger partial charge in [-0.3, -0.25) is 14.4 Å². The van der Waals surface area contributed by atoms with Gasteiger partial charge < -0.3 is 25.4 Å². The number of rotatable bonds is 11. The van der Waals surface area contributed by atoms with Crippen molar-refractivity contribution in [3.63, 3.8) is 0 Å². The number of carbonyl (C=O) groups excluding carboxylic acids is 3. The zero-order chi connectivity index (χ0) is 31.1. The van der Waals surface area contributed by atoms with Gasteiger partial charge in [0.15, 0.2) is 12.7 Å². The molecule has 1 heterocycles. The van der Waals surface area contributed by atoms with Crippen LogP contribution in [0.4, 0.5) is 0 Å². The van der Waals surface area contributed by atoms with Crippen LogP contribution >= 0.6 is 11.8 Å². The van der Waals surface area contributed by atoms with Gasteiger partial charge in [-0.05, 0) is 63.3 Å². The van der Waals surface area contributed by atoms with Crippen molar-refractivity contribution in [1.82, 2.24) is 15.5 Å². The van der Waals surface area contributed by atoms with E-state index in [2.05, 4.69) is 10.6 Å². The summed E-state index contributed by atoms with van der Waals surface area (Å²) in [5.74, 6) is -0.496. The van der Waals surface area contributed by atoms with Gasteiger partial charge in [0, 0.05) is 4.75 Å². The lowest BCUT2D eigenvalue weighted by atomic mass is 9.96. The molecule has 0 radical (unpaired) electrons. The van der Waals surface area contributed by atoms with Crippen LogP contribution < -0.4 is 15.4 Å². The first kappa shape index (κ1) is 32.1. The Morgan fingerprint density at radius 3 is 2.19 bits per heavy atom. The number of nitrogens with one attached hydrogen (secondary N) is 2. The van der Waals surface area contributed by atoms with E-state index in [1.54, 1.807) is 0 Å². The molecule has 0 aliphatic carbocycles. The Kier molecular flexibility index (Phi) is 10.5. The van der Waals surface area contributed by atoms with Gasteiger partial charge in [-0.15, -0.1) is 11.8 Å². The lowest BCUT2D eigenvalue weighted by Crippen LogP contribution is -2.59. The molecule has 4 rings (SSSR count). The Balaban J connectivity index is 1.50. The van der Waals surface area contributed by atoms with Crippen molar-refractivity contribution in [3.05, 3.63) is 101 Å². The number of nitrogens with zero attached hydrogens (tertiary/aromatic N) is 1. The highest BCUT2D eigenvalue weighted by atomic mass is 32.2. The molecule has 3 amide bonds. The smallest absolute Gasteiger partial charge is 0.258 e. The highest BCUT2D eigenvalue weighted by molar-refractivity contribution is 8.00. The van der Waals surface area contributed by atoms with Crippen molar-refractivity contribution in [2.24, 2.45) is 0 Å². The summed E-state index contributed by atoms with van der Waals surface area (Å²) in [6, 6.07) is 22.7. The number of amides is 3. The molecule has 0 saturated carbocycles. The molecular weight excluding hydrogens is 562 g/mol. The van der Waals surface area contributed by atoms with E-state index in [0.29, 0.717) is 5.75 Å². The van der Waals surface area contributed by atoms with Crippen molar-refractivity contribution < 1.29 is 24.2 Å². The lowest BCUT2D eigenvalue weighted by molar-refractivity contribution is -0.148. The number of aryl methyl sites for hydroxylation is 2. The van der Waals surface area contributed by atoms with Gasteiger partial charge in [0.05, 0.1) is 18.0 Å². The Morgan fingerprint density at radius 1 is 0.953 bits per heavy atom. The molecule has 8 nitrogen and oxygen atoms in total. The number of benzene rings is 3. The number of ether oxygens (including phenoxy) is 1. The molecule has 1 saturated heterocycles. The van der Waals surface area contributed by atoms with E-state index in [1.165, 1.54) is 16.7 Å². The topological polar surface area (TPSA) is 108 Å². The molecule has 0 aromatic heterocycles. The minimum absolute atomic E-state index is 0.217. The minimum atomic E-state index is -1.58. The van der Waals surface area contributed by atoms with Gasteiger partial charge in [0.2, 0.25) is 5.91 Å². The van der Waals surface area contributed by atoms with Crippen LogP contribution in [0.5, 0.6) is 5.75 Å². The first-order valence-electron chi connectivity index (χ1n) is 14.5. The lowest BCUT2D eigenvalue weighted by Gasteiger charge is -2.34. The maximum Gasteiger partial charge on any atom is 0.258 e. The van der Waals surface area contributed by atoms with Crippen LogP contribution in [0.2, 0.25) is 0 Å². The Labute approximate surface area is 258 Å². The van der Waals surface area contributed by atoms with Crippen molar-refractivity contribution in [1.29, 1.82) is 0 Å². The second kappa shape index (κ2) is 14.1. The van der Waals surface area contributed by atoms with E-state index in [4.69, 9.17) is 4.74 Å². The molecule has 228 valence electrons. The second-order valence-corrected chi connectivity index (χ2v) is 13.1. The van der Waals surface area contributed by atoms with Crippen molar-refractivity contribution in [2.45, 2.75) is 70.0 Å². The number of thioether (sulfide) groups is 1. The summed E-state index contributed by atoms with van der Waals surface area (Å²) in [6.07, 6.45) is -1.37. The van der Waals surface area contributed by atoms with E-state index < -0.39 is 34.7 Å². The van der Waals surface area contributed by atoms with Gasteiger partial charge in [-0.1, -0.05) is 78.9 Å².